The molecule has 0 amide bonds. The second kappa shape index (κ2) is 9.33. The Hall–Kier alpha value is -3.49. The fourth-order valence-electron chi connectivity index (χ4n) is 2.86. The standard InChI is InChI=1S/C23H17F6NO2/c24-22(25,26)18-10-16(11-19(12-18)23(27,28)29)13-30-20-8-6-17(7-9-20)21(31)32-14-15-4-2-1-3-5-15/h1-12,30H,13-14H2. The highest BCUT2D eigenvalue weighted by atomic mass is 19.4. The highest BCUT2D eigenvalue weighted by Crippen LogP contribution is 2.36. The van der Waals surface area contributed by atoms with Gasteiger partial charge in [-0.1, -0.05) is 30.3 Å². The Kier molecular flexibility index (Phi) is 6.76. The second-order valence-electron chi connectivity index (χ2n) is 6.91. The normalized spacial score (nSPS) is 11.8. The van der Waals surface area contributed by atoms with Gasteiger partial charge in [-0.25, -0.2) is 4.79 Å². The maximum Gasteiger partial charge on any atom is 0.416 e. The number of hydrogen-bond acceptors (Lipinski definition) is 3. The molecule has 0 radical (unpaired) electrons. The maximum atomic E-state index is 13.0. The van der Waals surface area contributed by atoms with Gasteiger partial charge in [0.15, 0.2) is 0 Å². The predicted molar refractivity (Wildman–Crippen MR) is 106 cm³/mol. The lowest BCUT2D eigenvalue weighted by molar-refractivity contribution is -0.143. The Morgan fingerprint density at radius 2 is 1.31 bits per heavy atom. The van der Waals surface area contributed by atoms with Gasteiger partial charge in [0, 0.05) is 12.2 Å². The van der Waals surface area contributed by atoms with Crippen molar-refractivity contribution in [3.63, 3.8) is 0 Å². The van der Waals surface area contributed by atoms with Crippen LogP contribution >= 0.6 is 0 Å². The molecule has 0 heterocycles. The van der Waals surface area contributed by atoms with E-state index in [0.29, 0.717) is 17.8 Å². The SMILES string of the molecule is O=C(OCc1ccccc1)c1ccc(NCc2cc(C(F)(F)F)cc(C(F)(F)F)c2)cc1. The monoisotopic (exact) mass is 453 g/mol. The molecule has 0 unspecified atom stereocenters. The summed E-state index contributed by atoms with van der Waals surface area (Å²) in [6, 6.07) is 16.3. The van der Waals surface area contributed by atoms with Crippen molar-refractivity contribution in [3.8, 4) is 0 Å². The molecule has 0 aliphatic rings. The van der Waals surface area contributed by atoms with Gasteiger partial charge >= 0.3 is 18.3 Å². The zero-order chi connectivity index (χ0) is 23.4. The summed E-state index contributed by atoms with van der Waals surface area (Å²) >= 11 is 0. The van der Waals surface area contributed by atoms with E-state index in [9.17, 15) is 31.1 Å². The molecule has 3 aromatic carbocycles. The van der Waals surface area contributed by atoms with E-state index in [-0.39, 0.29) is 30.3 Å². The molecule has 0 aliphatic heterocycles. The van der Waals surface area contributed by atoms with Gasteiger partial charge in [-0.05, 0) is 53.6 Å². The first-order valence-electron chi connectivity index (χ1n) is 9.36. The smallest absolute Gasteiger partial charge is 0.416 e. The highest BCUT2D eigenvalue weighted by Gasteiger charge is 2.36. The minimum Gasteiger partial charge on any atom is -0.457 e. The summed E-state index contributed by atoms with van der Waals surface area (Å²) < 4.78 is 83.0. The molecule has 168 valence electrons. The minimum atomic E-state index is -4.90. The summed E-state index contributed by atoms with van der Waals surface area (Å²) in [5, 5.41) is 2.76. The van der Waals surface area contributed by atoms with E-state index >= 15 is 0 Å². The summed E-state index contributed by atoms with van der Waals surface area (Å²) in [6.07, 6.45) is -9.81. The van der Waals surface area contributed by atoms with Gasteiger partial charge in [0.05, 0.1) is 16.7 Å². The Morgan fingerprint density at radius 3 is 1.84 bits per heavy atom. The number of hydrogen-bond donors (Lipinski definition) is 1. The van der Waals surface area contributed by atoms with Gasteiger partial charge in [0.2, 0.25) is 0 Å². The lowest BCUT2D eigenvalue weighted by atomic mass is 10.0. The van der Waals surface area contributed by atoms with E-state index in [2.05, 4.69) is 5.32 Å². The van der Waals surface area contributed by atoms with E-state index in [1.807, 2.05) is 18.2 Å². The van der Waals surface area contributed by atoms with Crippen LogP contribution in [0, 0.1) is 0 Å². The Morgan fingerprint density at radius 1 is 0.750 bits per heavy atom. The van der Waals surface area contributed by atoms with E-state index in [4.69, 9.17) is 4.74 Å². The van der Waals surface area contributed by atoms with Gasteiger partial charge in [0.25, 0.3) is 0 Å². The van der Waals surface area contributed by atoms with Crippen molar-refractivity contribution in [3.05, 3.63) is 101 Å². The van der Waals surface area contributed by atoms with Crippen LogP contribution in [0.25, 0.3) is 0 Å². The number of rotatable bonds is 6. The Bertz CT molecular complexity index is 1030. The Balaban J connectivity index is 1.65. The van der Waals surface area contributed by atoms with Crippen LogP contribution in [0.2, 0.25) is 0 Å². The number of anilines is 1. The molecule has 1 N–H and O–H groups in total. The molecule has 0 aromatic heterocycles. The van der Waals surface area contributed by atoms with Crippen LogP contribution in [0.5, 0.6) is 0 Å². The van der Waals surface area contributed by atoms with E-state index in [1.54, 1.807) is 12.1 Å². The highest BCUT2D eigenvalue weighted by molar-refractivity contribution is 5.89. The topological polar surface area (TPSA) is 38.3 Å². The molecule has 0 aliphatic carbocycles. The maximum absolute atomic E-state index is 13.0. The van der Waals surface area contributed by atoms with E-state index < -0.39 is 29.4 Å². The first kappa shape index (κ1) is 23.2. The van der Waals surface area contributed by atoms with Crippen molar-refractivity contribution >= 4 is 11.7 Å². The molecule has 0 saturated heterocycles. The summed E-state index contributed by atoms with van der Waals surface area (Å²) in [5.41, 5.74) is -1.45. The molecule has 0 spiro atoms. The molecule has 0 atom stereocenters. The van der Waals surface area contributed by atoms with Crippen LogP contribution in [0.3, 0.4) is 0 Å². The molecule has 0 saturated carbocycles. The number of esters is 1. The number of carbonyl (C=O) groups is 1. The van der Waals surface area contributed by atoms with Crippen molar-refractivity contribution in [2.24, 2.45) is 0 Å². The van der Waals surface area contributed by atoms with Crippen molar-refractivity contribution in [1.29, 1.82) is 0 Å². The third kappa shape index (κ3) is 6.26. The van der Waals surface area contributed by atoms with Crippen LogP contribution < -0.4 is 5.32 Å². The zero-order valence-electron chi connectivity index (χ0n) is 16.4. The number of ether oxygens (including phenoxy) is 1. The largest absolute Gasteiger partial charge is 0.457 e. The van der Waals surface area contributed by atoms with Crippen molar-refractivity contribution in [2.75, 3.05) is 5.32 Å². The number of carbonyl (C=O) groups excluding carboxylic acids is 1. The summed E-state index contributed by atoms with van der Waals surface area (Å²) in [7, 11) is 0. The third-order valence-electron chi connectivity index (χ3n) is 4.48. The number of halogens is 6. The van der Waals surface area contributed by atoms with Gasteiger partial charge in [-0.15, -0.1) is 0 Å². The molecule has 0 bridgehead atoms. The zero-order valence-corrected chi connectivity index (χ0v) is 16.4. The molecule has 32 heavy (non-hydrogen) atoms. The van der Waals surface area contributed by atoms with Crippen molar-refractivity contribution < 1.29 is 35.9 Å². The molecule has 3 aromatic rings. The number of benzene rings is 3. The van der Waals surface area contributed by atoms with Crippen LogP contribution in [0.15, 0.2) is 72.8 Å². The average Bonchev–Trinajstić information content (AvgIpc) is 2.76. The van der Waals surface area contributed by atoms with Gasteiger partial charge in [0.1, 0.15) is 6.61 Å². The van der Waals surface area contributed by atoms with Crippen LogP contribution in [-0.2, 0) is 30.2 Å². The Labute approximate surface area is 179 Å². The fraction of sp³-hybridized carbons (Fsp3) is 0.174. The average molecular weight is 453 g/mol. The molecule has 3 rings (SSSR count). The van der Waals surface area contributed by atoms with E-state index in [1.165, 1.54) is 24.3 Å². The lowest BCUT2D eigenvalue weighted by Gasteiger charge is -2.15. The second-order valence-corrected chi connectivity index (χ2v) is 6.91. The van der Waals surface area contributed by atoms with Crippen molar-refractivity contribution in [1.82, 2.24) is 0 Å². The molecular weight excluding hydrogens is 436 g/mol. The lowest BCUT2D eigenvalue weighted by Crippen LogP contribution is -2.13. The summed E-state index contributed by atoms with van der Waals surface area (Å²) in [6.45, 7) is -0.179. The summed E-state index contributed by atoms with van der Waals surface area (Å²) in [5.74, 6) is -0.562. The first-order chi connectivity index (χ1) is 15.0. The molecule has 0 fully saturated rings. The quantitative estimate of drug-likeness (QED) is 0.334. The van der Waals surface area contributed by atoms with Crippen LogP contribution in [-0.4, -0.2) is 5.97 Å². The van der Waals surface area contributed by atoms with Gasteiger partial charge in [-0.2, -0.15) is 26.3 Å². The third-order valence-corrected chi connectivity index (χ3v) is 4.48. The first-order valence-corrected chi connectivity index (χ1v) is 9.36. The molecule has 9 heteroatoms. The van der Waals surface area contributed by atoms with Crippen LogP contribution in [0.4, 0.5) is 32.0 Å². The summed E-state index contributed by atoms with van der Waals surface area (Å²) in [4.78, 5) is 12.1. The van der Waals surface area contributed by atoms with E-state index in [0.717, 1.165) is 5.56 Å². The van der Waals surface area contributed by atoms with Crippen molar-refractivity contribution in [2.45, 2.75) is 25.5 Å². The van der Waals surface area contributed by atoms with Crippen LogP contribution in [0.1, 0.15) is 32.6 Å². The fourth-order valence-corrected chi connectivity index (χ4v) is 2.86. The molecular formula is C23H17F6NO2. The predicted octanol–water partition coefficient (Wildman–Crippen LogP) is 6.69. The van der Waals surface area contributed by atoms with Gasteiger partial charge in [-0.3, -0.25) is 0 Å². The number of alkyl halides is 6. The van der Waals surface area contributed by atoms with Gasteiger partial charge < -0.3 is 10.1 Å². The molecule has 3 nitrogen and oxygen atoms in total. The number of nitrogens with one attached hydrogen (secondary N) is 1. The minimum absolute atomic E-state index is 0.0827.